The number of carboxylic acids is 2. The number of thiol groups is 1. The summed E-state index contributed by atoms with van der Waals surface area (Å²) in [4.78, 5) is 59.4. The molecule has 31 heavy (non-hydrogen) atoms. The van der Waals surface area contributed by atoms with Crippen molar-refractivity contribution in [3.05, 3.63) is 0 Å². The van der Waals surface area contributed by atoms with Gasteiger partial charge in [-0.15, -0.1) is 0 Å². The number of nitrogens with two attached hydrogens (primary N) is 1. The highest BCUT2D eigenvalue weighted by molar-refractivity contribution is 7.98. The van der Waals surface area contributed by atoms with Gasteiger partial charge in [-0.05, 0) is 30.8 Å². The Morgan fingerprint density at radius 3 is 1.90 bits per heavy atom. The highest BCUT2D eigenvalue weighted by atomic mass is 32.2. The van der Waals surface area contributed by atoms with Crippen LogP contribution in [0.2, 0.25) is 0 Å². The summed E-state index contributed by atoms with van der Waals surface area (Å²) in [6.45, 7) is 3.66. The van der Waals surface area contributed by atoms with Gasteiger partial charge in [0.2, 0.25) is 17.7 Å². The van der Waals surface area contributed by atoms with Crippen LogP contribution in [0.1, 0.15) is 33.1 Å². The number of amides is 3. The zero-order chi connectivity index (χ0) is 24.1. The van der Waals surface area contributed by atoms with Crippen LogP contribution in [0, 0.1) is 5.92 Å². The summed E-state index contributed by atoms with van der Waals surface area (Å²) in [7, 11) is 0. The molecule has 7 N–H and O–H groups in total. The molecule has 3 amide bonds. The van der Waals surface area contributed by atoms with Gasteiger partial charge in [-0.1, -0.05) is 13.8 Å². The fourth-order valence-corrected chi connectivity index (χ4v) is 3.22. The van der Waals surface area contributed by atoms with Crippen molar-refractivity contribution in [1.29, 1.82) is 0 Å². The molecule has 0 aliphatic rings. The molecule has 11 nitrogen and oxygen atoms in total. The number of thioether (sulfide) groups is 1. The van der Waals surface area contributed by atoms with Crippen LogP contribution < -0.4 is 21.7 Å². The zero-order valence-corrected chi connectivity index (χ0v) is 19.5. The molecule has 0 spiro atoms. The van der Waals surface area contributed by atoms with E-state index in [4.69, 9.17) is 10.8 Å². The third-order valence-corrected chi connectivity index (χ3v) is 5.12. The third kappa shape index (κ3) is 11.8. The van der Waals surface area contributed by atoms with E-state index in [1.807, 2.05) is 20.1 Å². The summed E-state index contributed by atoms with van der Waals surface area (Å²) in [5.41, 5.74) is 5.49. The third-order valence-electron chi connectivity index (χ3n) is 4.11. The number of aliphatic carboxylic acids is 2. The fraction of sp³-hybridized carbons (Fsp3) is 0.722. The van der Waals surface area contributed by atoms with Gasteiger partial charge in [0, 0.05) is 5.75 Å². The van der Waals surface area contributed by atoms with Crippen molar-refractivity contribution in [3.8, 4) is 0 Å². The molecule has 0 fully saturated rings. The minimum atomic E-state index is -1.35. The predicted molar refractivity (Wildman–Crippen MR) is 120 cm³/mol. The Balaban J connectivity index is 5.23. The maximum atomic E-state index is 12.7. The second kappa shape index (κ2) is 14.9. The predicted octanol–water partition coefficient (Wildman–Crippen LogP) is -0.944. The second-order valence-electron chi connectivity index (χ2n) is 7.32. The summed E-state index contributed by atoms with van der Waals surface area (Å²) in [6.07, 6.45) is 1.66. The normalized spacial score (nSPS) is 14.8. The molecule has 4 atom stereocenters. The maximum absolute atomic E-state index is 12.7. The second-order valence-corrected chi connectivity index (χ2v) is 8.67. The average Bonchev–Trinajstić information content (AvgIpc) is 2.66. The van der Waals surface area contributed by atoms with E-state index in [2.05, 4.69) is 28.6 Å². The number of nitrogens with one attached hydrogen (secondary N) is 3. The molecule has 0 aromatic rings. The van der Waals surface area contributed by atoms with Crippen LogP contribution in [0.4, 0.5) is 0 Å². The Labute approximate surface area is 191 Å². The summed E-state index contributed by atoms with van der Waals surface area (Å²) < 4.78 is 0. The van der Waals surface area contributed by atoms with Crippen LogP contribution in [0.3, 0.4) is 0 Å². The van der Waals surface area contributed by atoms with Crippen LogP contribution in [0.25, 0.3) is 0 Å². The first-order chi connectivity index (χ1) is 14.4. The number of carbonyl (C=O) groups is 5. The highest BCUT2D eigenvalue weighted by Crippen LogP contribution is 2.08. The van der Waals surface area contributed by atoms with Crippen molar-refractivity contribution in [2.24, 2.45) is 11.7 Å². The lowest BCUT2D eigenvalue weighted by molar-refractivity contribution is -0.142. The van der Waals surface area contributed by atoms with Crippen LogP contribution in [0.15, 0.2) is 0 Å². The summed E-state index contributed by atoms with van der Waals surface area (Å²) in [5, 5.41) is 25.3. The molecule has 0 saturated carbocycles. The molecule has 0 aromatic carbocycles. The molecule has 0 bridgehead atoms. The lowest BCUT2D eigenvalue weighted by Crippen LogP contribution is -2.58. The van der Waals surface area contributed by atoms with Crippen molar-refractivity contribution < 1.29 is 34.2 Å². The Kier molecular flexibility index (Phi) is 14.0. The number of hydrogen-bond acceptors (Lipinski definition) is 8. The van der Waals surface area contributed by atoms with E-state index >= 15 is 0 Å². The quantitative estimate of drug-likeness (QED) is 0.145. The molecule has 13 heteroatoms. The van der Waals surface area contributed by atoms with Gasteiger partial charge in [0.05, 0.1) is 12.5 Å². The van der Waals surface area contributed by atoms with E-state index in [0.29, 0.717) is 5.75 Å². The molecule has 0 aliphatic carbocycles. The van der Waals surface area contributed by atoms with E-state index < -0.39 is 60.2 Å². The molecule has 178 valence electrons. The molecule has 0 saturated heterocycles. The van der Waals surface area contributed by atoms with E-state index in [9.17, 15) is 29.1 Å². The topological polar surface area (TPSA) is 188 Å². The van der Waals surface area contributed by atoms with Gasteiger partial charge in [0.25, 0.3) is 0 Å². The van der Waals surface area contributed by atoms with Gasteiger partial charge in [-0.3, -0.25) is 19.2 Å². The van der Waals surface area contributed by atoms with Crippen LogP contribution >= 0.6 is 24.4 Å². The van der Waals surface area contributed by atoms with Crippen molar-refractivity contribution in [3.63, 3.8) is 0 Å². The monoisotopic (exact) mass is 480 g/mol. The molecule has 0 heterocycles. The van der Waals surface area contributed by atoms with E-state index in [0.717, 1.165) is 0 Å². The van der Waals surface area contributed by atoms with Crippen LogP contribution in [-0.4, -0.2) is 81.8 Å². The Morgan fingerprint density at radius 2 is 1.45 bits per heavy atom. The zero-order valence-electron chi connectivity index (χ0n) is 17.8. The molecule has 4 unspecified atom stereocenters. The highest BCUT2D eigenvalue weighted by Gasteiger charge is 2.30. The lowest BCUT2D eigenvalue weighted by Gasteiger charge is -2.25. The van der Waals surface area contributed by atoms with Crippen molar-refractivity contribution in [2.75, 3.05) is 17.8 Å². The average molecular weight is 481 g/mol. The van der Waals surface area contributed by atoms with Gasteiger partial charge >= 0.3 is 11.9 Å². The summed E-state index contributed by atoms with van der Waals surface area (Å²) >= 11 is 5.46. The van der Waals surface area contributed by atoms with Crippen LogP contribution in [-0.2, 0) is 24.0 Å². The Morgan fingerprint density at radius 1 is 0.935 bits per heavy atom. The van der Waals surface area contributed by atoms with E-state index in [-0.39, 0.29) is 24.5 Å². The first-order valence-corrected chi connectivity index (χ1v) is 11.7. The van der Waals surface area contributed by atoms with Crippen LogP contribution in [0.5, 0.6) is 0 Å². The Bertz CT molecular complexity index is 648. The largest absolute Gasteiger partial charge is 0.481 e. The number of carboxylic acid groups (broad SMARTS) is 2. The van der Waals surface area contributed by atoms with Gasteiger partial charge in [0.1, 0.15) is 18.1 Å². The fourth-order valence-electron chi connectivity index (χ4n) is 2.49. The number of rotatable bonds is 15. The molecule has 0 aromatic heterocycles. The number of hydrogen-bond donors (Lipinski definition) is 7. The molecule has 0 radical (unpaired) electrons. The first kappa shape index (κ1) is 29.0. The maximum Gasteiger partial charge on any atom is 0.326 e. The molecular weight excluding hydrogens is 448 g/mol. The van der Waals surface area contributed by atoms with Gasteiger partial charge in [-0.25, -0.2) is 4.79 Å². The standard InChI is InChI=1S/C18H32N4O7S2/c1-9(2)6-12(16(26)20-11(18(28)29)4-5-31-3)21-17(27)13(8-30)22-15(25)10(19)7-14(23)24/h9-13,30H,4-8,19H2,1-3H3,(H,20,26)(H,21,27)(H,22,25)(H,23,24)(H,28,29). The SMILES string of the molecule is CSCCC(NC(=O)C(CC(C)C)NC(=O)C(CS)NC(=O)C(N)CC(=O)O)C(=O)O. The summed E-state index contributed by atoms with van der Waals surface area (Å²) in [6, 6.07) is -4.64. The van der Waals surface area contributed by atoms with Gasteiger partial charge < -0.3 is 31.9 Å². The Hall–Kier alpha value is -1.99. The van der Waals surface area contributed by atoms with E-state index in [1.54, 1.807) is 0 Å². The van der Waals surface area contributed by atoms with Crippen molar-refractivity contribution in [2.45, 2.75) is 57.3 Å². The lowest BCUT2D eigenvalue weighted by atomic mass is 10.0. The molecule has 0 aliphatic heterocycles. The number of carbonyl (C=O) groups excluding carboxylic acids is 3. The minimum absolute atomic E-state index is 0.00134. The van der Waals surface area contributed by atoms with Crippen molar-refractivity contribution >= 4 is 54.1 Å². The van der Waals surface area contributed by atoms with Crippen molar-refractivity contribution in [1.82, 2.24) is 16.0 Å². The smallest absolute Gasteiger partial charge is 0.326 e. The molecule has 0 rings (SSSR count). The van der Waals surface area contributed by atoms with Gasteiger partial charge in [-0.2, -0.15) is 24.4 Å². The molecular formula is C18H32N4O7S2. The minimum Gasteiger partial charge on any atom is -0.481 e. The first-order valence-electron chi connectivity index (χ1n) is 9.63. The summed E-state index contributed by atoms with van der Waals surface area (Å²) in [5.74, 6) is -4.25. The van der Waals surface area contributed by atoms with Gasteiger partial charge in [0.15, 0.2) is 0 Å². The van der Waals surface area contributed by atoms with E-state index in [1.165, 1.54) is 11.8 Å².